The smallest absolute Gasteiger partial charge is 0.270 e. The maximum atomic E-state index is 12.1. The van der Waals surface area contributed by atoms with Crippen LogP contribution in [0.2, 0.25) is 0 Å². The van der Waals surface area contributed by atoms with Crippen LogP contribution >= 0.6 is 0 Å². The third kappa shape index (κ3) is 3.28. The van der Waals surface area contributed by atoms with Crippen LogP contribution in [0.1, 0.15) is 18.4 Å². The van der Waals surface area contributed by atoms with Crippen LogP contribution in [0.15, 0.2) is 18.2 Å². The van der Waals surface area contributed by atoms with E-state index < -0.39 is 4.92 Å². The molecule has 0 aliphatic carbocycles. The molecule has 21 heavy (non-hydrogen) atoms. The zero-order chi connectivity index (χ0) is 15.4. The average Bonchev–Trinajstić information content (AvgIpc) is 3.00. The van der Waals surface area contributed by atoms with E-state index in [1.54, 1.807) is 16.8 Å². The lowest BCUT2D eigenvalue weighted by atomic mass is 10.1. The summed E-state index contributed by atoms with van der Waals surface area (Å²) in [6.45, 7) is 1.71. The van der Waals surface area contributed by atoms with Crippen molar-refractivity contribution < 1.29 is 9.72 Å². The molecule has 2 rings (SSSR count). The van der Waals surface area contributed by atoms with Crippen molar-refractivity contribution in [1.82, 2.24) is 4.90 Å². The molecule has 0 atom stereocenters. The topological polar surface area (TPSA) is 90.5 Å². The third-order valence-corrected chi connectivity index (χ3v) is 3.55. The van der Waals surface area contributed by atoms with Gasteiger partial charge >= 0.3 is 0 Å². The molecule has 0 bridgehead atoms. The highest BCUT2D eigenvalue weighted by Crippen LogP contribution is 2.24. The number of anilines is 1. The van der Waals surface area contributed by atoms with Gasteiger partial charge in [-0.2, -0.15) is 5.26 Å². The maximum absolute atomic E-state index is 12.1. The molecule has 1 aromatic carbocycles. The number of non-ortho nitro benzene ring substituents is 1. The minimum atomic E-state index is -0.542. The van der Waals surface area contributed by atoms with Crippen LogP contribution in [0.4, 0.5) is 11.4 Å². The Balaban J connectivity index is 2.15. The first kappa shape index (κ1) is 14.8. The van der Waals surface area contributed by atoms with Gasteiger partial charge in [0, 0.05) is 32.3 Å². The molecule has 0 saturated carbocycles. The Bertz CT molecular complexity index is 603. The van der Waals surface area contributed by atoms with Crippen molar-refractivity contribution >= 4 is 17.3 Å². The summed E-state index contributed by atoms with van der Waals surface area (Å²) < 4.78 is 0. The second kappa shape index (κ2) is 6.22. The molecule has 1 aromatic rings. The fraction of sp³-hybridized carbons (Fsp3) is 0.429. The van der Waals surface area contributed by atoms with Crippen molar-refractivity contribution in [3.8, 4) is 6.07 Å². The number of hydrogen-bond acceptors (Lipinski definition) is 5. The zero-order valence-corrected chi connectivity index (χ0v) is 11.8. The SMILES string of the molecule is CN(CC(=O)N1CCCC1)c1ccc([N+](=O)[O-])cc1C#N. The van der Waals surface area contributed by atoms with Crippen molar-refractivity contribution in [3.63, 3.8) is 0 Å². The summed E-state index contributed by atoms with van der Waals surface area (Å²) in [4.78, 5) is 25.7. The van der Waals surface area contributed by atoms with Crippen LogP contribution in [-0.4, -0.2) is 42.4 Å². The summed E-state index contributed by atoms with van der Waals surface area (Å²) in [6.07, 6.45) is 2.05. The first-order valence-electron chi connectivity index (χ1n) is 6.70. The van der Waals surface area contributed by atoms with Crippen LogP contribution in [0.5, 0.6) is 0 Å². The Labute approximate surface area is 122 Å². The molecule has 1 saturated heterocycles. The van der Waals surface area contributed by atoms with Crippen LogP contribution in [0.3, 0.4) is 0 Å². The molecule has 1 aliphatic heterocycles. The number of nitro groups is 1. The van der Waals surface area contributed by atoms with Gasteiger partial charge in [0.2, 0.25) is 5.91 Å². The lowest BCUT2D eigenvalue weighted by Crippen LogP contribution is -2.37. The van der Waals surface area contributed by atoms with E-state index in [1.807, 2.05) is 6.07 Å². The van der Waals surface area contributed by atoms with Crippen molar-refractivity contribution in [3.05, 3.63) is 33.9 Å². The number of rotatable bonds is 4. The van der Waals surface area contributed by atoms with Crippen molar-refractivity contribution in [2.45, 2.75) is 12.8 Å². The predicted molar refractivity (Wildman–Crippen MR) is 76.9 cm³/mol. The molecule has 110 valence electrons. The maximum Gasteiger partial charge on any atom is 0.270 e. The number of nitro benzene ring substituents is 1. The predicted octanol–water partition coefficient (Wildman–Crippen LogP) is 1.53. The van der Waals surface area contributed by atoms with E-state index in [2.05, 4.69) is 0 Å². The number of nitrogens with zero attached hydrogens (tertiary/aromatic N) is 4. The molecule has 7 nitrogen and oxygen atoms in total. The number of carbonyl (C=O) groups is 1. The summed E-state index contributed by atoms with van der Waals surface area (Å²) in [7, 11) is 1.70. The molecular weight excluding hydrogens is 272 g/mol. The number of benzene rings is 1. The highest BCUT2D eigenvalue weighted by atomic mass is 16.6. The number of likely N-dealkylation sites (N-methyl/N-ethyl adjacent to an activating group) is 1. The quantitative estimate of drug-likeness (QED) is 0.619. The molecule has 0 spiro atoms. The monoisotopic (exact) mass is 288 g/mol. The number of amides is 1. The Hall–Kier alpha value is -2.62. The van der Waals surface area contributed by atoms with Gasteiger partial charge in [0.05, 0.1) is 22.7 Å². The van der Waals surface area contributed by atoms with E-state index in [1.165, 1.54) is 18.2 Å². The minimum absolute atomic E-state index is 0.0113. The third-order valence-electron chi connectivity index (χ3n) is 3.55. The lowest BCUT2D eigenvalue weighted by Gasteiger charge is -2.23. The largest absolute Gasteiger partial charge is 0.364 e. The van der Waals surface area contributed by atoms with Crippen molar-refractivity contribution in [2.24, 2.45) is 0 Å². The molecule has 0 aromatic heterocycles. The van der Waals surface area contributed by atoms with Crippen LogP contribution in [0.25, 0.3) is 0 Å². The number of nitriles is 1. The second-order valence-corrected chi connectivity index (χ2v) is 5.01. The van der Waals surface area contributed by atoms with Gasteiger partial charge in [-0.25, -0.2) is 0 Å². The second-order valence-electron chi connectivity index (χ2n) is 5.01. The fourth-order valence-corrected chi connectivity index (χ4v) is 2.41. The summed E-state index contributed by atoms with van der Waals surface area (Å²) >= 11 is 0. The van der Waals surface area contributed by atoms with Gasteiger partial charge < -0.3 is 9.80 Å². The van der Waals surface area contributed by atoms with Crippen LogP contribution in [0, 0.1) is 21.4 Å². The van der Waals surface area contributed by atoms with Gasteiger partial charge in [0.15, 0.2) is 0 Å². The Kier molecular flexibility index (Phi) is 4.38. The molecule has 7 heteroatoms. The molecule has 1 aliphatic rings. The van der Waals surface area contributed by atoms with Crippen LogP contribution in [-0.2, 0) is 4.79 Å². The van der Waals surface area contributed by atoms with Crippen molar-refractivity contribution in [2.75, 3.05) is 31.6 Å². The average molecular weight is 288 g/mol. The minimum Gasteiger partial charge on any atom is -0.364 e. The summed E-state index contributed by atoms with van der Waals surface area (Å²) in [6, 6.07) is 6.02. The van der Waals surface area contributed by atoms with E-state index in [4.69, 9.17) is 5.26 Å². The van der Waals surface area contributed by atoms with Gasteiger partial charge in [-0.3, -0.25) is 14.9 Å². The molecule has 1 heterocycles. The summed E-state index contributed by atoms with van der Waals surface area (Å²) in [5, 5.41) is 19.8. The normalized spacial score (nSPS) is 13.8. The van der Waals surface area contributed by atoms with Crippen LogP contribution < -0.4 is 4.90 Å². The Morgan fingerprint density at radius 2 is 2.14 bits per heavy atom. The fourth-order valence-electron chi connectivity index (χ4n) is 2.41. The summed E-state index contributed by atoms with van der Waals surface area (Å²) in [5.41, 5.74) is 0.589. The van der Waals surface area contributed by atoms with Gasteiger partial charge in [-0.05, 0) is 18.9 Å². The molecule has 0 N–H and O–H groups in total. The van der Waals surface area contributed by atoms with E-state index in [0.717, 1.165) is 25.9 Å². The first-order chi connectivity index (χ1) is 10.0. The first-order valence-corrected chi connectivity index (χ1v) is 6.70. The van der Waals surface area contributed by atoms with Gasteiger partial charge in [-0.1, -0.05) is 0 Å². The highest BCUT2D eigenvalue weighted by Gasteiger charge is 2.21. The zero-order valence-electron chi connectivity index (χ0n) is 11.8. The lowest BCUT2D eigenvalue weighted by molar-refractivity contribution is -0.384. The Morgan fingerprint density at radius 1 is 1.48 bits per heavy atom. The Morgan fingerprint density at radius 3 is 2.71 bits per heavy atom. The molecule has 0 radical (unpaired) electrons. The number of hydrogen-bond donors (Lipinski definition) is 0. The van der Waals surface area contributed by atoms with Crippen molar-refractivity contribution in [1.29, 1.82) is 5.26 Å². The van der Waals surface area contributed by atoms with Gasteiger partial charge in [0.1, 0.15) is 6.07 Å². The molecule has 1 amide bonds. The van der Waals surface area contributed by atoms with E-state index >= 15 is 0 Å². The highest BCUT2D eigenvalue weighted by molar-refractivity contribution is 5.82. The number of carbonyl (C=O) groups excluding carboxylic acids is 1. The number of likely N-dealkylation sites (tertiary alicyclic amines) is 1. The molecule has 1 fully saturated rings. The van der Waals surface area contributed by atoms with E-state index in [9.17, 15) is 14.9 Å². The van der Waals surface area contributed by atoms with E-state index in [0.29, 0.717) is 5.69 Å². The van der Waals surface area contributed by atoms with Gasteiger partial charge in [0.25, 0.3) is 5.69 Å². The van der Waals surface area contributed by atoms with Gasteiger partial charge in [-0.15, -0.1) is 0 Å². The van der Waals surface area contributed by atoms with E-state index in [-0.39, 0.29) is 23.7 Å². The summed E-state index contributed by atoms with van der Waals surface area (Å²) in [5.74, 6) is 0.0113. The standard InChI is InChI=1S/C14H16N4O3/c1-16(10-14(19)17-6-2-3-7-17)13-5-4-12(18(20)21)8-11(13)9-15/h4-5,8H,2-3,6-7,10H2,1H3. The molecular formula is C14H16N4O3. The molecule has 0 unspecified atom stereocenters.